The van der Waals surface area contributed by atoms with Crippen molar-refractivity contribution in [3.8, 4) is 5.75 Å². The lowest BCUT2D eigenvalue weighted by atomic mass is 10.0. The highest BCUT2D eigenvalue weighted by Gasteiger charge is 2.38. The molecule has 0 spiro atoms. The maximum Gasteiger partial charge on any atom is 0.326 e. The molecule has 2 heterocycles. The van der Waals surface area contributed by atoms with Gasteiger partial charge < -0.3 is 42.2 Å². The molecular formula is C26H37N7O6. The average molecular weight is 544 g/mol. The maximum absolute atomic E-state index is 13.5. The molecule has 13 heteroatoms. The first-order chi connectivity index (χ1) is 18.7. The molecule has 4 atom stereocenters. The van der Waals surface area contributed by atoms with Crippen molar-refractivity contribution in [2.75, 3.05) is 13.1 Å². The highest BCUT2D eigenvalue weighted by Crippen LogP contribution is 2.20. The summed E-state index contributed by atoms with van der Waals surface area (Å²) in [6.45, 7) is 0.694. The summed E-state index contributed by atoms with van der Waals surface area (Å²) in [6.07, 6.45) is 5.60. The Labute approximate surface area is 226 Å². The first-order valence-electron chi connectivity index (χ1n) is 13.0. The number of carbonyl (C=O) groups is 4. The second-order valence-corrected chi connectivity index (χ2v) is 9.69. The predicted octanol–water partition coefficient (Wildman–Crippen LogP) is -0.598. The van der Waals surface area contributed by atoms with Crippen LogP contribution in [0.4, 0.5) is 0 Å². The summed E-state index contributed by atoms with van der Waals surface area (Å²) in [5.74, 6) is -2.69. The lowest BCUT2D eigenvalue weighted by Crippen LogP contribution is -2.57. The van der Waals surface area contributed by atoms with Crippen LogP contribution in [0, 0.1) is 0 Å². The van der Waals surface area contributed by atoms with Crippen molar-refractivity contribution in [2.45, 2.75) is 69.1 Å². The molecular weight excluding hydrogens is 506 g/mol. The highest BCUT2D eigenvalue weighted by atomic mass is 16.4. The molecule has 3 amide bonds. The van der Waals surface area contributed by atoms with Crippen molar-refractivity contribution < 1.29 is 29.4 Å². The number of carboxylic acid groups (broad SMARTS) is 1. The van der Waals surface area contributed by atoms with E-state index in [0.29, 0.717) is 43.5 Å². The van der Waals surface area contributed by atoms with Gasteiger partial charge in [0, 0.05) is 31.3 Å². The number of phenols is 1. The molecule has 212 valence electrons. The van der Waals surface area contributed by atoms with Gasteiger partial charge in [-0.1, -0.05) is 12.1 Å². The van der Waals surface area contributed by atoms with Crippen LogP contribution in [0.3, 0.4) is 0 Å². The summed E-state index contributed by atoms with van der Waals surface area (Å²) in [6, 6.07) is 2.19. The van der Waals surface area contributed by atoms with Gasteiger partial charge in [0.25, 0.3) is 0 Å². The number of carbonyl (C=O) groups excluding carboxylic acids is 3. The van der Waals surface area contributed by atoms with Crippen LogP contribution < -0.4 is 22.1 Å². The molecule has 1 fully saturated rings. The quantitative estimate of drug-likeness (QED) is 0.151. The molecule has 1 saturated heterocycles. The predicted molar refractivity (Wildman–Crippen MR) is 141 cm³/mol. The van der Waals surface area contributed by atoms with E-state index in [4.69, 9.17) is 11.5 Å². The summed E-state index contributed by atoms with van der Waals surface area (Å²) >= 11 is 0. The van der Waals surface area contributed by atoms with Crippen LogP contribution in [0.25, 0.3) is 0 Å². The zero-order valence-corrected chi connectivity index (χ0v) is 21.7. The Morgan fingerprint density at radius 1 is 1.08 bits per heavy atom. The number of likely N-dealkylation sites (tertiary alicyclic amines) is 1. The molecule has 0 saturated carbocycles. The Kier molecular flexibility index (Phi) is 10.8. The monoisotopic (exact) mass is 543 g/mol. The van der Waals surface area contributed by atoms with E-state index < -0.39 is 47.9 Å². The molecule has 4 unspecified atom stereocenters. The third-order valence-electron chi connectivity index (χ3n) is 6.72. The minimum absolute atomic E-state index is 0.0505. The fourth-order valence-electron chi connectivity index (χ4n) is 4.59. The number of aromatic nitrogens is 2. The number of imidazole rings is 1. The smallest absolute Gasteiger partial charge is 0.326 e. The van der Waals surface area contributed by atoms with Crippen molar-refractivity contribution in [2.24, 2.45) is 11.5 Å². The van der Waals surface area contributed by atoms with Gasteiger partial charge in [0.2, 0.25) is 17.7 Å². The summed E-state index contributed by atoms with van der Waals surface area (Å²) in [7, 11) is 0. The molecule has 1 aliphatic heterocycles. The van der Waals surface area contributed by atoms with Crippen LogP contribution in [-0.2, 0) is 32.0 Å². The molecule has 39 heavy (non-hydrogen) atoms. The molecule has 2 aromatic rings. The number of aliphatic carboxylic acids is 1. The average Bonchev–Trinajstić information content (AvgIpc) is 3.61. The number of unbranched alkanes of at least 4 members (excludes halogenated alkanes) is 1. The number of H-pyrrole nitrogens is 1. The van der Waals surface area contributed by atoms with E-state index >= 15 is 0 Å². The lowest BCUT2D eigenvalue weighted by molar-refractivity contribution is -0.149. The minimum atomic E-state index is -1.09. The van der Waals surface area contributed by atoms with Gasteiger partial charge in [-0.15, -0.1) is 0 Å². The topological polar surface area (TPSA) is 217 Å². The van der Waals surface area contributed by atoms with Gasteiger partial charge in [-0.2, -0.15) is 0 Å². The number of benzene rings is 1. The first kappa shape index (κ1) is 29.6. The molecule has 1 aromatic heterocycles. The number of rotatable bonds is 14. The third-order valence-corrected chi connectivity index (χ3v) is 6.72. The molecule has 13 nitrogen and oxygen atoms in total. The van der Waals surface area contributed by atoms with E-state index in [1.54, 1.807) is 18.3 Å². The van der Waals surface area contributed by atoms with E-state index in [2.05, 4.69) is 20.6 Å². The van der Waals surface area contributed by atoms with Crippen LogP contribution >= 0.6 is 0 Å². The Bertz CT molecular complexity index is 1110. The fourth-order valence-corrected chi connectivity index (χ4v) is 4.59. The van der Waals surface area contributed by atoms with Crippen LogP contribution in [-0.4, -0.2) is 86.0 Å². The maximum atomic E-state index is 13.5. The summed E-state index contributed by atoms with van der Waals surface area (Å²) in [5.41, 5.74) is 13.0. The number of aromatic amines is 1. The van der Waals surface area contributed by atoms with E-state index in [0.717, 1.165) is 0 Å². The van der Waals surface area contributed by atoms with Crippen LogP contribution in [0.1, 0.15) is 43.4 Å². The van der Waals surface area contributed by atoms with Crippen LogP contribution in [0.15, 0.2) is 36.8 Å². The molecule has 0 aliphatic carbocycles. The van der Waals surface area contributed by atoms with Gasteiger partial charge in [-0.3, -0.25) is 14.4 Å². The number of phenolic OH excluding ortho intramolecular Hbond substituents is 1. The zero-order valence-electron chi connectivity index (χ0n) is 21.7. The van der Waals surface area contributed by atoms with Crippen molar-refractivity contribution in [1.82, 2.24) is 25.5 Å². The number of nitrogens with zero attached hydrogens (tertiary/aromatic N) is 2. The minimum Gasteiger partial charge on any atom is -0.508 e. The summed E-state index contributed by atoms with van der Waals surface area (Å²) < 4.78 is 0. The van der Waals surface area contributed by atoms with E-state index in [1.165, 1.54) is 23.4 Å². The van der Waals surface area contributed by atoms with Gasteiger partial charge in [-0.05, 0) is 56.3 Å². The van der Waals surface area contributed by atoms with Gasteiger partial charge in [0.15, 0.2) is 0 Å². The Morgan fingerprint density at radius 2 is 1.79 bits per heavy atom. The zero-order chi connectivity index (χ0) is 28.4. The second-order valence-electron chi connectivity index (χ2n) is 9.69. The van der Waals surface area contributed by atoms with Crippen LogP contribution in [0.5, 0.6) is 5.75 Å². The van der Waals surface area contributed by atoms with E-state index in [-0.39, 0.29) is 31.6 Å². The normalized spacial score (nSPS) is 17.3. The number of hydrogen-bond acceptors (Lipinski definition) is 8. The number of carboxylic acids is 1. The number of amides is 3. The summed E-state index contributed by atoms with van der Waals surface area (Å²) in [4.78, 5) is 59.6. The first-order valence-corrected chi connectivity index (χ1v) is 13.0. The summed E-state index contributed by atoms with van der Waals surface area (Å²) in [5, 5.41) is 24.6. The molecule has 0 radical (unpaired) electrons. The van der Waals surface area contributed by atoms with E-state index in [1.807, 2.05) is 0 Å². The largest absolute Gasteiger partial charge is 0.508 e. The molecule has 1 aromatic carbocycles. The van der Waals surface area contributed by atoms with Gasteiger partial charge in [-0.25, -0.2) is 9.78 Å². The lowest BCUT2D eigenvalue weighted by Gasteiger charge is -2.29. The van der Waals surface area contributed by atoms with Crippen LogP contribution in [0.2, 0.25) is 0 Å². The van der Waals surface area contributed by atoms with Gasteiger partial charge in [0.05, 0.1) is 12.4 Å². The van der Waals surface area contributed by atoms with Gasteiger partial charge in [0.1, 0.15) is 23.9 Å². The molecule has 3 rings (SSSR count). The Hall–Kier alpha value is -3.97. The Morgan fingerprint density at radius 3 is 2.44 bits per heavy atom. The van der Waals surface area contributed by atoms with Crippen molar-refractivity contribution in [1.29, 1.82) is 0 Å². The highest BCUT2D eigenvalue weighted by molar-refractivity contribution is 5.94. The van der Waals surface area contributed by atoms with E-state index in [9.17, 15) is 29.4 Å². The number of nitrogens with one attached hydrogen (secondary N) is 3. The number of hydrogen-bond donors (Lipinski definition) is 7. The Balaban J connectivity index is 1.78. The molecule has 0 bridgehead atoms. The molecule has 1 aliphatic rings. The molecule has 9 N–H and O–H groups in total. The van der Waals surface area contributed by atoms with Crippen molar-refractivity contribution in [3.05, 3.63) is 48.0 Å². The van der Waals surface area contributed by atoms with Gasteiger partial charge >= 0.3 is 5.97 Å². The second kappa shape index (κ2) is 14.3. The van der Waals surface area contributed by atoms with Crippen molar-refractivity contribution >= 4 is 23.7 Å². The fraction of sp³-hybridized carbons (Fsp3) is 0.500. The number of nitrogens with two attached hydrogens (primary N) is 2. The van der Waals surface area contributed by atoms with Crippen molar-refractivity contribution in [3.63, 3.8) is 0 Å². The SMILES string of the molecule is NCCCCC(NC(=O)C(Cc1ccc(O)cc1)NC(=O)C(N)Cc1cnc[nH]1)C(=O)N1CCCC1C(=O)O. The standard InChI is InChI=1S/C26H37N7O6/c27-10-2-1-4-20(25(37)33-11-3-5-22(33)26(38)39)31-24(36)21(12-16-6-8-18(34)9-7-16)32-23(35)19(28)13-17-14-29-15-30-17/h6-9,14-15,19-22,34H,1-5,10-13,27-28H2,(H,29,30)(H,31,36)(H,32,35)(H,38,39). The third kappa shape index (κ3) is 8.52. The number of aromatic hydroxyl groups is 1.